The monoisotopic (exact) mass is 356 g/mol. The summed E-state index contributed by atoms with van der Waals surface area (Å²) in [7, 11) is 2.82. The fourth-order valence-corrected chi connectivity index (χ4v) is 1.98. The lowest BCUT2D eigenvalue weighted by Crippen LogP contribution is -2.16. The Morgan fingerprint density at radius 2 is 1.96 bits per heavy atom. The van der Waals surface area contributed by atoms with Gasteiger partial charge in [0.15, 0.2) is 0 Å². The molecule has 2 rings (SSSR count). The molecule has 0 fully saturated rings. The molecular weight excluding hydrogens is 340 g/mol. The second kappa shape index (κ2) is 9.48. The molecule has 0 spiro atoms. The largest absolute Gasteiger partial charge is 0.466 e. The van der Waals surface area contributed by atoms with Crippen molar-refractivity contribution in [1.29, 1.82) is 0 Å². The van der Waals surface area contributed by atoms with Crippen molar-refractivity contribution in [3.05, 3.63) is 76.7 Å². The van der Waals surface area contributed by atoms with E-state index in [9.17, 15) is 4.79 Å². The van der Waals surface area contributed by atoms with E-state index >= 15 is 0 Å². The molecule has 25 heavy (non-hydrogen) atoms. The zero-order valence-corrected chi connectivity index (χ0v) is 14.7. The maximum Gasteiger partial charge on any atom is 0.332 e. The summed E-state index contributed by atoms with van der Waals surface area (Å²) in [4.78, 5) is 20.8. The van der Waals surface area contributed by atoms with Crippen LogP contribution in [0.2, 0.25) is 5.02 Å². The molecule has 0 aliphatic carbocycles. The van der Waals surface area contributed by atoms with Crippen LogP contribution in [0.5, 0.6) is 0 Å². The summed E-state index contributed by atoms with van der Waals surface area (Å²) in [5.41, 5.74) is 2.25. The van der Waals surface area contributed by atoms with Crippen LogP contribution < -0.4 is 0 Å². The van der Waals surface area contributed by atoms with Gasteiger partial charge in [-0.2, -0.15) is 0 Å². The van der Waals surface area contributed by atoms with E-state index in [4.69, 9.17) is 16.4 Å². The van der Waals surface area contributed by atoms with Crippen molar-refractivity contribution < 1.29 is 14.4 Å². The summed E-state index contributed by atoms with van der Waals surface area (Å²) in [6.45, 7) is 0.362. The number of carbonyl (C=O) groups excluding carboxylic acids is 1. The van der Waals surface area contributed by atoms with Gasteiger partial charge in [0.25, 0.3) is 0 Å². The molecule has 0 bridgehead atoms. The number of nitrogens with zero attached hydrogens (tertiary/aromatic N) is 2. The van der Waals surface area contributed by atoms with Crippen LogP contribution in [0.1, 0.15) is 17.0 Å². The Labute approximate surface area is 151 Å². The molecule has 2 aromatic rings. The Hall–Kier alpha value is -2.81. The van der Waals surface area contributed by atoms with E-state index in [1.54, 1.807) is 12.1 Å². The lowest BCUT2D eigenvalue weighted by molar-refractivity contribution is -0.135. The summed E-state index contributed by atoms with van der Waals surface area (Å²) in [5, 5.41) is 2.14. The summed E-state index contributed by atoms with van der Waals surface area (Å²) >= 11 is 5.85. The van der Waals surface area contributed by atoms with Crippen LogP contribution in [-0.2, 0) is 20.9 Å². The van der Waals surface area contributed by atoms with Crippen molar-refractivity contribution in [2.75, 3.05) is 14.2 Å². The highest BCUT2D eigenvalue weighted by Crippen LogP contribution is 2.09. The number of hydrogen-bond donors (Lipinski definition) is 0. The minimum absolute atomic E-state index is 0.362. The van der Waals surface area contributed by atoms with E-state index in [1.807, 2.05) is 30.3 Å². The highest BCUT2D eigenvalue weighted by molar-refractivity contribution is 6.30. The number of carbonyl (C=O) groups is 1. The Balaban J connectivity index is 2.09. The molecule has 128 valence electrons. The first kappa shape index (κ1) is 18.5. The van der Waals surface area contributed by atoms with Gasteiger partial charge in [-0.05, 0) is 42.3 Å². The molecule has 1 heterocycles. The summed E-state index contributed by atoms with van der Waals surface area (Å²) in [6, 6.07) is 12.8. The van der Waals surface area contributed by atoms with Gasteiger partial charge in [0.05, 0.1) is 26.5 Å². The Bertz CT molecular complexity index is 807. The molecule has 1 aromatic carbocycles. The number of hydroxylamine groups is 2. The zero-order valence-electron chi connectivity index (χ0n) is 13.9. The van der Waals surface area contributed by atoms with Gasteiger partial charge >= 0.3 is 5.97 Å². The topological polar surface area (TPSA) is 51.7 Å². The first-order chi connectivity index (χ1) is 12.1. The Morgan fingerprint density at radius 1 is 1.20 bits per heavy atom. The molecule has 0 amide bonds. The number of rotatable bonds is 5. The van der Waals surface area contributed by atoms with Gasteiger partial charge in [-0.25, -0.2) is 9.78 Å². The number of esters is 1. The van der Waals surface area contributed by atoms with Crippen LogP contribution in [0.3, 0.4) is 0 Å². The van der Waals surface area contributed by atoms with Crippen LogP contribution in [-0.4, -0.2) is 30.2 Å². The molecule has 1 aromatic heterocycles. The zero-order chi connectivity index (χ0) is 18.1. The van der Waals surface area contributed by atoms with E-state index in [1.165, 1.54) is 31.6 Å². The maximum atomic E-state index is 11.1. The number of pyridine rings is 1. The maximum absolute atomic E-state index is 11.1. The third-order valence-electron chi connectivity index (χ3n) is 3.12. The second-order valence-corrected chi connectivity index (χ2v) is 5.30. The van der Waals surface area contributed by atoms with Crippen LogP contribution >= 0.6 is 11.6 Å². The fourth-order valence-electron chi connectivity index (χ4n) is 1.86. The number of benzene rings is 1. The van der Waals surface area contributed by atoms with Crippen molar-refractivity contribution in [3.8, 4) is 11.8 Å². The van der Waals surface area contributed by atoms with E-state index < -0.39 is 5.97 Å². The van der Waals surface area contributed by atoms with Crippen molar-refractivity contribution in [3.63, 3.8) is 0 Å². The fraction of sp³-hybridized carbons (Fsp3) is 0.158. The normalized spacial score (nSPS) is 10.2. The van der Waals surface area contributed by atoms with Gasteiger partial charge in [0.1, 0.15) is 5.69 Å². The lowest BCUT2D eigenvalue weighted by atomic mass is 10.2. The number of ether oxygens (including phenoxy) is 1. The number of halogens is 1. The third kappa shape index (κ3) is 6.30. The molecule has 0 aliphatic heterocycles. The van der Waals surface area contributed by atoms with Gasteiger partial charge in [0, 0.05) is 22.9 Å². The van der Waals surface area contributed by atoms with Crippen LogP contribution in [0.25, 0.3) is 0 Å². The minimum Gasteiger partial charge on any atom is -0.466 e. The van der Waals surface area contributed by atoms with Gasteiger partial charge in [-0.1, -0.05) is 23.6 Å². The third-order valence-corrected chi connectivity index (χ3v) is 3.37. The molecule has 6 heteroatoms. The average molecular weight is 357 g/mol. The first-order valence-electron chi connectivity index (χ1n) is 7.41. The molecule has 0 radical (unpaired) electrons. The van der Waals surface area contributed by atoms with E-state index in [0.717, 1.165) is 11.3 Å². The van der Waals surface area contributed by atoms with Gasteiger partial charge in [-0.3, -0.25) is 9.90 Å². The van der Waals surface area contributed by atoms with E-state index in [0.29, 0.717) is 17.3 Å². The lowest BCUT2D eigenvalue weighted by Gasteiger charge is -2.16. The summed E-state index contributed by atoms with van der Waals surface area (Å²) in [5.74, 6) is 5.59. The van der Waals surface area contributed by atoms with Crippen molar-refractivity contribution in [2.24, 2.45) is 0 Å². The van der Waals surface area contributed by atoms with E-state index in [2.05, 4.69) is 21.6 Å². The smallest absolute Gasteiger partial charge is 0.332 e. The van der Waals surface area contributed by atoms with E-state index in [-0.39, 0.29) is 0 Å². The van der Waals surface area contributed by atoms with Crippen LogP contribution in [0.15, 0.2) is 54.7 Å². The summed E-state index contributed by atoms with van der Waals surface area (Å²) in [6.07, 6.45) is 2.76. The quantitative estimate of drug-likeness (QED) is 0.356. The standard InChI is InChI=1S/C19H17ClN2O3/c1-24-19(23)12-13-22(25-2)14-18-5-3-4-17(21-18)11-8-15-6-9-16(20)10-7-15/h3-7,9-10,12-13H,14H2,1-2H3/b13-12+. The Morgan fingerprint density at radius 3 is 2.64 bits per heavy atom. The molecule has 0 unspecified atom stereocenters. The predicted molar refractivity (Wildman–Crippen MR) is 95.4 cm³/mol. The Kier molecular flexibility index (Phi) is 7.02. The van der Waals surface area contributed by atoms with Gasteiger partial charge in [-0.15, -0.1) is 0 Å². The molecule has 0 atom stereocenters. The minimum atomic E-state index is -0.461. The molecular formula is C19H17ClN2O3. The molecule has 5 nitrogen and oxygen atoms in total. The van der Waals surface area contributed by atoms with Crippen molar-refractivity contribution in [1.82, 2.24) is 10.0 Å². The van der Waals surface area contributed by atoms with Gasteiger partial charge in [0.2, 0.25) is 0 Å². The van der Waals surface area contributed by atoms with Crippen molar-refractivity contribution >= 4 is 17.6 Å². The SMILES string of the molecule is COC(=O)/C=C/N(Cc1cccc(C#Cc2ccc(Cl)cc2)n1)OC. The molecule has 0 saturated carbocycles. The number of methoxy groups -OCH3 is 1. The van der Waals surface area contributed by atoms with Gasteiger partial charge < -0.3 is 4.74 Å². The number of aromatic nitrogens is 1. The summed E-state index contributed by atoms with van der Waals surface area (Å²) < 4.78 is 4.55. The van der Waals surface area contributed by atoms with Crippen molar-refractivity contribution in [2.45, 2.75) is 6.54 Å². The first-order valence-corrected chi connectivity index (χ1v) is 7.79. The second-order valence-electron chi connectivity index (χ2n) is 4.87. The molecule has 0 aliphatic rings. The predicted octanol–water partition coefficient (Wildman–Crippen LogP) is 3.18. The highest BCUT2D eigenvalue weighted by atomic mass is 35.5. The average Bonchev–Trinajstić information content (AvgIpc) is 2.64. The van der Waals surface area contributed by atoms with Crippen LogP contribution in [0, 0.1) is 11.8 Å². The highest BCUT2D eigenvalue weighted by Gasteiger charge is 2.03. The molecule has 0 N–H and O–H groups in total. The van der Waals surface area contributed by atoms with Crippen LogP contribution in [0.4, 0.5) is 0 Å². The molecule has 0 saturated heterocycles. The number of hydrogen-bond acceptors (Lipinski definition) is 5.